The Balaban J connectivity index is 2.22. The first-order valence-corrected chi connectivity index (χ1v) is 7.09. The van der Waals surface area contributed by atoms with Crippen LogP contribution in [0.3, 0.4) is 0 Å². The lowest BCUT2D eigenvalue weighted by Crippen LogP contribution is -2.47. The Hall–Kier alpha value is -2.63. The third-order valence-electron chi connectivity index (χ3n) is 3.93. The van der Waals surface area contributed by atoms with Crippen molar-refractivity contribution in [3.63, 3.8) is 0 Å². The number of aromatic amines is 2. The number of fused-ring (bicyclic) bond motifs is 2. The number of rotatable bonds is 3. The minimum absolute atomic E-state index is 0.165. The van der Waals surface area contributed by atoms with Crippen LogP contribution in [0, 0.1) is 5.41 Å². The van der Waals surface area contributed by atoms with Crippen LogP contribution in [0.25, 0.3) is 11.6 Å². The van der Waals surface area contributed by atoms with Gasteiger partial charge in [0, 0.05) is 5.41 Å². The Morgan fingerprint density at radius 2 is 2.00 bits per heavy atom. The zero-order chi connectivity index (χ0) is 15.9. The smallest absolute Gasteiger partial charge is 0.314 e. The maximum Gasteiger partial charge on any atom is 0.314 e. The number of carbonyl (C=O) groups excluding carboxylic acids is 1. The summed E-state index contributed by atoms with van der Waals surface area (Å²) in [5.41, 5.74) is -0.281. The highest BCUT2D eigenvalue weighted by molar-refractivity contribution is 5.88. The van der Waals surface area contributed by atoms with Gasteiger partial charge in [-0.2, -0.15) is 0 Å². The fraction of sp³-hybridized carbons (Fsp3) is 0.312. The molecule has 0 fully saturated rings. The maximum atomic E-state index is 11.9. The Bertz CT molecular complexity index is 946. The zero-order valence-corrected chi connectivity index (χ0v) is 12.4. The first-order chi connectivity index (χ1) is 10.4. The molecule has 6 nitrogen and oxygen atoms in total. The average molecular weight is 300 g/mol. The molecular weight excluding hydrogens is 284 g/mol. The standard InChI is InChI=1S/C16H16N2O4/c1-3-22-11(19)8-16(2)6-4-5-9-7-10-13(12(9)16)18-15(21)14(20)17-10/h4-7H,3,8H2,1-2H3,(H,17,20)(H,18,21). The van der Waals surface area contributed by atoms with Gasteiger partial charge in [0.1, 0.15) is 0 Å². The number of hydrogen-bond donors (Lipinski definition) is 2. The van der Waals surface area contributed by atoms with Gasteiger partial charge < -0.3 is 14.7 Å². The summed E-state index contributed by atoms with van der Waals surface area (Å²) in [5.74, 6) is -0.302. The van der Waals surface area contributed by atoms with Gasteiger partial charge in [-0.1, -0.05) is 25.2 Å². The van der Waals surface area contributed by atoms with Crippen molar-refractivity contribution in [2.75, 3.05) is 6.61 Å². The predicted molar refractivity (Wildman–Crippen MR) is 81.4 cm³/mol. The van der Waals surface area contributed by atoms with E-state index in [-0.39, 0.29) is 12.4 Å². The quantitative estimate of drug-likeness (QED) is 0.579. The van der Waals surface area contributed by atoms with E-state index in [0.717, 1.165) is 11.1 Å². The number of allylic oxidation sites excluding steroid dienone is 4. The minimum Gasteiger partial charge on any atom is -0.466 e. The van der Waals surface area contributed by atoms with Crippen molar-refractivity contribution in [2.24, 2.45) is 5.41 Å². The van der Waals surface area contributed by atoms with Gasteiger partial charge in [0.15, 0.2) is 0 Å². The Labute approximate surface area is 125 Å². The molecule has 22 heavy (non-hydrogen) atoms. The molecule has 1 atom stereocenters. The molecule has 0 radical (unpaired) electrons. The highest BCUT2D eigenvalue weighted by Crippen LogP contribution is 2.41. The number of ether oxygens (including phenoxy) is 1. The molecule has 2 aliphatic rings. The summed E-state index contributed by atoms with van der Waals surface area (Å²) >= 11 is 0. The highest BCUT2D eigenvalue weighted by Gasteiger charge is 2.35. The third kappa shape index (κ3) is 2.16. The summed E-state index contributed by atoms with van der Waals surface area (Å²) < 4.78 is 5.04. The summed E-state index contributed by atoms with van der Waals surface area (Å²) in [6.45, 7) is 3.99. The molecule has 1 heterocycles. The van der Waals surface area contributed by atoms with Crippen LogP contribution in [-0.2, 0) is 9.53 Å². The summed E-state index contributed by atoms with van der Waals surface area (Å²) in [7, 11) is 0. The van der Waals surface area contributed by atoms with E-state index < -0.39 is 16.5 Å². The number of carbonyl (C=O) groups is 1. The predicted octanol–water partition coefficient (Wildman–Crippen LogP) is -0.536. The molecule has 0 aliphatic heterocycles. The van der Waals surface area contributed by atoms with E-state index in [0.29, 0.717) is 17.3 Å². The minimum atomic E-state index is -0.700. The van der Waals surface area contributed by atoms with Gasteiger partial charge in [-0.15, -0.1) is 0 Å². The van der Waals surface area contributed by atoms with Gasteiger partial charge in [0.25, 0.3) is 0 Å². The van der Waals surface area contributed by atoms with E-state index in [1.807, 2.05) is 25.2 Å². The molecule has 114 valence electrons. The molecule has 0 spiro atoms. The van der Waals surface area contributed by atoms with Crippen molar-refractivity contribution < 1.29 is 9.53 Å². The summed E-state index contributed by atoms with van der Waals surface area (Å²) in [6.07, 6.45) is 7.64. The van der Waals surface area contributed by atoms with Crippen molar-refractivity contribution in [1.29, 1.82) is 0 Å². The fourth-order valence-corrected chi connectivity index (χ4v) is 3.01. The molecule has 1 unspecified atom stereocenters. The Morgan fingerprint density at radius 3 is 2.73 bits per heavy atom. The second kappa shape index (κ2) is 4.98. The van der Waals surface area contributed by atoms with Crippen LogP contribution in [0.15, 0.2) is 33.4 Å². The van der Waals surface area contributed by atoms with Crippen LogP contribution >= 0.6 is 0 Å². The van der Waals surface area contributed by atoms with Crippen LogP contribution in [0.1, 0.15) is 20.3 Å². The molecule has 0 saturated heterocycles. The monoisotopic (exact) mass is 300 g/mol. The van der Waals surface area contributed by atoms with E-state index >= 15 is 0 Å². The van der Waals surface area contributed by atoms with Crippen molar-refractivity contribution in [3.8, 4) is 0 Å². The molecule has 1 aromatic rings. The lowest BCUT2D eigenvalue weighted by Gasteiger charge is -2.30. The first kappa shape index (κ1) is 14.3. The molecule has 6 heteroatoms. The zero-order valence-electron chi connectivity index (χ0n) is 12.4. The van der Waals surface area contributed by atoms with Crippen LogP contribution in [0.5, 0.6) is 0 Å². The lowest BCUT2D eigenvalue weighted by atomic mass is 9.74. The molecule has 1 aromatic heterocycles. The normalized spacial score (nSPS) is 21.7. The number of nitrogens with one attached hydrogen (secondary N) is 2. The third-order valence-corrected chi connectivity index (χ3v) is 3.93. The topological polar surface area (TPSA) is 92.0 Å². The van der Waals surface area contributed by atoms with Crippen LogP contribution in [0.2, 0.25) is 0 Å². The van der Waals surface area contributed by atoms with E-state index in [1.54, 1.807) is 13.0 Å². The molecule has 2 N–H and O–H groups in total. The summed E-state index contributed by atoms with van der Waals surface area (Å²) in [4.78, 5) is 40.2. The second-order valence-corrected chi connectivity index (χ2v) is 5.60. The van der Waals surface area contributed by atoms with Gasteiger partial charge >= 0.3 is 17.1 Å². The number of aromatic nitrogens is 2. The van der Waals surface area contributed by atoms with Crippen molar-refractivity contribution in [3.05, 3.63) is 55.2 Å². The van der Waals surface area contributed by atoms with E-state index in [2.05, 4.69) is 9.97 Å². The van der Waals surface area contributed by atoms with E-state index in [1.165, 1.54) is 0 Å². The largest absolute Gasteiger partial charge is 0.466 e. The molecule has 0 bridgehead atoms. The SMILES string of the molecule is CCOC(=O)CC1(C)C=CC=C2C=c3[nH]c(=O)c(=O)[nH]c3=C21. The first-order valence-electron chi connectivity index (χ1n) is 7.09. The van der Waals surface area contributed by atoms with Crippen molar-refractivity contribution in [1.82, 2.24) is 9.97 Å². The maximum absolute atomic E-state index is 11.9. The van der Waals surface area contributed by atoms with Gasteiger partial charge in [-0.3, -0.25) is 14.4 Å². The lowest BCUT2D eigenvalue weighted by molar-refractivity contribution is -0.144. The molecular formula is C16H16N2O4. The molecule has 0 saturated carbocycles. The highest BCUT2D eigenvalue weighted by atomic mass is 16.5. The van der Waals surface area contributed by atoms with Gasteiger partial charge in [-0.25, -0.2) is 0 Å². The van der Waals surface area contributed by atoms with Gasteiger partial charge in [0.2, 0.25) is 0 Å². The van der Waals surface area contributed by atoms with E-state index in [4.69, 9.17) is 4.74 Å². The van der Waals surface area contributed by atoms with Crippen LogP contribution in [0.4, 0.5) is 0 Å². The Morgan fingerprint density at radius 1 is 1.27 bits per heavy atom. The van der Waals surface area contributed by atoms with E-state index in [9.17, 15) is 14.4 Å². The molecule has 0 amide bonds. The van der Waals surface area contributed by atoms with Crippen molar-refractivity contribution in [2.45, 2.75) is 20.3 Å². The number of esters is 1. The second-order valence-electron chi connectivity index (χ2n) is 5.60. The molecule has 3 rings (SSSR count). The van der Waals surface area contributed by atoms with Crippen molar-refractivity contribution >= 4 is 17.6 Å². The fourth-order valence-electron chi connectivity index (χ4n) is 3.01. The van der Waals surface area contributed by atoms with Crippen LogP contribution in [-0.4, -0.2) is 22.5 Å². The van der Waals surface area contributed by atoms with Gasteiger partial charge in [0.05, 0.1) is 23.7 Å². The molecule has 0 aromatic carbocycles. The average Bonchev–Trinajstić information content (AvgIpc) is 2.78. The summed E-state index contributed by atoms with van der Waals surface area (Å²) in [5, 5.41) is 1.12. The number of H-pyrrole nitrogens is 2. The summed E-state index contributed by atoms with van der Waals surface area (Å²) in [6, 6.07) is 0. The van der Waals surface area contributed by atoms with Gasteiger partial charge in [-0.05, 0) is 24.1 Å². The van der Waals surface area contributed by atoms with Crippen LogP contribution < -0.4 is 21.8 Å². The Kier molecular flexibility index (Phi) is 3.24. The number of hydrogen-bond acceptors (Lipinski definition) is 4. The molecule has 2 aliphatic carbocycles.